The number of nitrogens with one attached hydrogen (secondary N) is 1. The van der Waals surface area contributed by atoms with Crippen LogP contribution in [0.4, 0.5) is 13.2 Å². The highest BCUT2D eigenvalue weighted by molar-refractivity contribution is 5.25. The molecule has 2 rings (SSSR count). The second-order valence-corrected chi connectivity index (χ2v) is 3.79. The Labute approximate surface area is 102 Å². The summed E-state index contributed by atoms with van der Waals surface area (Å²) in [5.41, 5.74) is 0.651. The number of benzene rings is 1. The van der Waals surface area contributed by atoms with Crippen LogP contribution in [0.15, 0.2) is 41.1 Å². The molecule has 0 unspecified atom stereocenters. The van der Waals surface area contributed by atoms with Crippen LogP contribution in [-0.2, 0) is 19.3 Å². The summed E-state index contributed by atoms with van der Waals surface area (Å²) in [6.45, 7) is 0.795. The molecular weight excluding hydrogens is 245 g/mol. The van der Waals surface area contributed by atoms with Gasteiger partial charge in [-0.05, 0) is 11.6 Å². The first kappa shape index (κ1) is 12.6. The van der Waals surface area contributed by atoms with Gasteiger partial charge in [-0.15, -0.1) is 0 Å². The molecule has 0 radical (unpaired) electrons. The minimum Gasteiger partial charge on any atom is -0.364 e. The van der Waals surface area contributed by atoms with Crippen LogP contribution >= 0.6 is 0 Å². The molecule has 1 aromatic heterocycles. The normalized spacial score (nSPS) is 11.7. The molecule has 0 saturated carbocycles. The molecule has 0 amide bonds. The molecule has 96 valence electrons. The first-order chi connectivity index (χ1) is 8.55. The first-order valence-corrected chi connectivity index (χ1v) is 5.32. The number of halogens is 3. The fourth-order valence-corrected chi connectivity index (χ4v) is 1.52. The van der Waals surface area contributed by atoms with Gasteiger partial charge in [0.1, 0.15) is 6.26 Å². The summed E-state index contributed by atoms with van der Waals surface area (Å²) in [4.78, 5) is 0. The fraction of sp³-hybridized carbons (Fsp3) is 0.250. The van der Waals surface area contributed by atoms with Crippen molar-refractivity contribution in [3.8, 4) is 0 Å². The molecule has 0 saturated heterocycles. The zero-order chi connectivity index (χ0) is 13.0. The van der Waals surface area contributed by atoms with Crippen LogP contribution in [-0.4, -0.2) is 5.16 Å². The molecule has 0 bridgehead atoms. The van der Waals surface area contributed by atoms with Crippen LogP contribution in [0.3, 0.4) is 0 Å². The van der Waals surface area contributed by atoms with Crippen molar-refractivity contribution >= 4 is 0 Å². The van der Waals surface area contributed by atoms with E-state index < -0.39 is 11.7 Å². The van der Waals surface area contributed by atoms with Gasteiger partial charge in [0.25, 0.3) is 0 Å². The molecular formula is C12H11F3N2O. The van der Waals surface area contributed by atoms with Crippen LogP contribution in [0.5, 0.6) is 0 Å². The molecule has 3 nitrogen and oxygen atoms in total. The Bertz CT molecular complexity index is 494. The predicted octanol–water partition coefficient (Wildman–Crippen LogP) is 2.98. The maximum atomic E-state index is 12.5. The summed E-state index contributed by atoms with van der Waals surface area (Å²) in [7, 11) is 0. The van der Waals surface area contributed by atoms with Crippen molar-refractivity contribution in [1.82, 2.24) is 10.5 Å². The topological polar surface area (TPSA) is 38.1 Å². The maximum absolute atomic E-state index is 12.5. The Balaban J connectivity index is 1.93. The maximum Gasteiger partial charge on any atom is 0.416 e. The smallest absolute Gasteiger partial charge is 0.364 e. The SMILES string of the molecule is FC(F)(F)c1cccc(CNCc2ccon2)c1. The summed E-state index contributed by atoms with van der Waals surface area (Å²) in [6.07, 6.45) is -2.86. The molecule has 0 aliphatic rings. The van der Waals surface area contributed by atoms with Gasteiger partial charge in [0.2, 0.25) is 0 Å². The van der Waals surface area contributed by atoms with Crippen LogP contribution in [0.1, 0.15) is 16.8 Å². The highest BCUT2D eigenvalue weighted by Gasteiger charge is 2.30. The summed E-state index contributed by atoms with van der Waals surface area (Å²) in [5.74, 6) is 0. The van der Waals surface area contributed by atoms with Crippen molar-refractivity contribution in [3.05, 3.63) is 53.4 Å². The van der Waals surface area contributed by atoms with E-state index in [-0.39, 0.29) is 0 Å². The lowest BCUT2D eigenvalue weighted by Crippen LogP contribution is -2.14. The third-order valence-electron chi connectivity index (χ3n) is 2.38. The lowest BCUT2D eigenvalue weighted by molar-refractivity contribution is -0.137. The van der Waals surface area contributed by atoms with Crippen LogP contribution < -0.4 is 5.32 Å². The Morgan fingerprint density at radius 2 is 2.00 bits per heavy atom. The van der Waals surface area contributed by atoms with Gasteiger partial charge in [-0.1, -0.05) is 23.4 Å². The van der Waals surface area contributed by atoms with Crippen molar-refractivity contribution in [3.63, 3.8) is 0 Å². The van der Waals surface area contributed by atoms with Crippen LogP contribution in [0.25, 0.3) is 0 Å². The fourth-order valence-electron chi connectivity index (χ4n) is 1.52. The lowest BCUT2D eigenvalue weighted by atomic mass is 10.1. The van der Waals surface area contributed by atoms with Gasteiger partial charge < -0.3 is 9.84 Å². The minimum atomic E-state index is -4.30. The second-order valence-electron chi connectivity index (χ2n) is 3.79. The Morgan fingerprint density at radius 3 is 2.67 bits per heavy atom. The summed E-state index contributed by atoms with van der Waals surface area (Å²) < 4.78 is 42.1. The molecule has 18 heavy (non-hydrogen) atoms. The Hall–Kier alpha value is -1.82. The van der Waals surface area contributed by atoms with Gasteiger partial charge >= 0.3 is 6.18 Å². The van der Waals surface area contributed by atoms with Crippen molar-refractivity contribution in [1.29, 1.82) is 0 Å². The third kappa shape index (κ3) is 3.33. The number of hydrogen-bond acceptors (Lipinski definition) is 3. The average Bonchev–Trinajstić information content (AvgIpc) is 2.81. The molecule has 0 aliphatic heterocycles. The first-order valence-electron chi connectivity index (χ1n) is 5.32. The third-order valence-corrected chi connectivity index (χ3v) is 2.38. The zero-order valence-corrected chi connectivity index (χ0v) is 9.37. The van der Waals surface area contributed by atoms with Gasteiger partial charge in [0.15, 0.2) is 0 Å². The monoisotopic (exact) mass is 256 g/mol. The molecule has 2 aromatic rings. The molecule has 0 fully saturated rings. The van der Waals surface area contributed by atoms with Crippen molar-refractivity contribution < 1.29 is 17.7 Å². The second kappa shape index (κ2) is 5.22. The molecule has 6 heteroatoms. The van der Waals surface area contributed by atoms with E-state index in [2.05, 4.69) is 15.0 Å². The van der Waals surface area contributed by atoms with Crippen molar-refractivity contribution in [2.24, 2.45) is 0 Å². The number of nitrogens with zero attached hydrogens (tertiary/aromatic N) is 1. The van der Waals surface area contributed by atoms with Gasteiger partial charge in [-0.25, -0.2) is 0 Å². The summed E-state index contributed by atoms with van der Waals surface area (Å²) in [6, 6.07) is 6.93. The largest absolute Gasteiger partial charge is 0.416 e. The van der Waals surface area contributed by atoms with E-state index in [4.69, 9.17) is 0 Å². The van der Waals surface area contributed by atoms with Crippen LogP contribution in [0, 0.1) is 0 Å². The standard InChI is InChI=1S/C12H11F3N2O/c13-12(14,15)10-3-1-2-9(6-10)7-16-8-11-4-5-18-17-11/h1-6,16H,7-8H2. The Morgan fingerprint density at radius 1 is 1.17 bits per heavy atom. The summed E-state index contributed by atoms with van der Waals surface area (Å²) >= 11 is 0. The zero-order valence-electron chi connectivity index (χ0n) is 9.37. The minimum absolute atomic E-state index is 0.344. The summed E-state index contributed by atoms with van der Waals surface area (Å²) in [5, 5.41) is 6.68. The highest BCUT2D eigenvalue weighted by atomic mass is 19.4. The van der Waals surface area contributed by atoms with E-state index in [1.165, 1.54) is 12.3 Å². The van der Waals surface area contributed by atoms with E-state index in [1.54, 1.807) is 12.1 Å². The number of hydrogen-bond donors (Lipinski definition) is 1. The van der Waals surface area contributed by atoms with Gasteiger partial charge in [0.05, 0.1) is 11.3 Å². The van der Waals surface area contributed by atoms with E-state index in [0.29, 0.717) is 24.3 Å². The van der Waals surface area contributed by atoms with E-state index in [1.807, 2.05) is 0 Å². The molecule has 1 aromatic carbocycles. The molecule has 1 N–H and O–H groups in total. The predicted molar refractivity (Wildman–Crippen MR) is 58.5 cm³/mol. The molecule has 0 atom stereocenters. The van der Waals surface area contributed by atoms with Gasteiger partial charge in [0, 0.05) is 19.2 Å². The number of aromatic nitrogens is 1. The molecule has 0 aliphatic carbocycles. The van der Waals surface area contributed by atoms with E-state index >= 15 is 0 Å². The van der Waals surface area contributed by atoms with E-state index in [9.17, 15) is 13.2 Å². The van der Waals surface area contributed by atoms with Gasteiger partial charge in [-0.3, -0.25) is 0 Å². The molecule has 0 spiro atoms. The highest BCUT2D eigenvalue weighted by Crippen LogP contribution is 2.29. The van der Waals surface area contributed by atoms with Crippen molar-refractivity contribution in [2.75, 3.05) is 0 Å². The average molecular weight is 256 g/mol. The Kier molecular flexibility index (Phi) is 3.66. The van der Waals surface area contributed by atoms with E-state index in [0.717, 1.165) is 12.1 Å². The number of alkyl halides is 3. The lowest BCUT2D eigenvalue weighted by Gasteiger charge is -2.09. The number of rotatable bonds is 4. The van der Waals surface area contributed by atoms with Crippen LogP contribution in [0.2, 0.25) is 0 Å². The van der Waals surface area contributed by atoms with Crippen molar-refractivity contribution in [2.45, 2.75) is 19.3 Å². The quantitative estimate of drug-likeness (QED) is 0.913. The van der Waals surface area contributed by atoms with Gasteiger partial charge in [-0.2, -0.15) is 13.2 Å². The molecule has 1 heterocycles.